The van der Waals surface area contributed by atoms with Gasteiger partial charge in [0, 0.05) is 0 Å². The highest BCUT2D eigenvalue weighted by atomic mass is 16.8. The van der Waals surface area contributed by atoms with Gasteiger partial charge in [-0.2, -0.15) is 0 Å². The molecule has 0 bridgehead atoms. The van der Waals surface area contributed by atoms with Crippen molar-refractivity contribution in [3.63, 3.8) is 0 Å². The number of aliphatic hydroxyl groups is 18. The second kappa shape index (κ2) is 28.3. The third-order valence-electron chi connectivity index (χ3n) is 25.2. The SMILES string of the molecule is C[C@@H]1O[C@@H](O[C@H]2[C@H](O)[C@@H](O)[C@H](OC[C@H]3O[C@@H](OC(=O)[C@]45CCC(C)(C)C[C@H]4C4=CC[C@@H]6[C@@]7(C)CC[C@H](O[C@@H]8OC[C@@H](O)[C@@H](O[C@@H]9O[C@H](CO)[C@@H](O[C@@H]%10O[C@H](CO)[C@@H](O)[C@H](O)[C@H]%10O)[C@H](O)[C@H]9O)[C@@H]8O)C(C)(C)[C@@H]7CC[C@@]6(C)[C@]4(C)CC5)[C@H](O)[C@@H](O)[C@@H]3O)O[C@@H]2CO)[C@H](O)[C@H](O)[C@H]1O. The molecule has 31 nitrogen and oxygen atoms in total. The van der Waals surface area contributed by atoms with Gasteiger partial charge in [-0.3, -0.25) is 4.79 Å². The summed E-state index contributed by atoms with van der Waals surface area (Å²) in [6.45, 7) is 13.8. The maximum atomic E-state index is 15.3. The molecule has 31 heteroatoms. The number of hydrogen-bond donors (Lipinski definition) is 18. The summed E-state index contributed by atoms with van der Waals surface area (Å²) >= 11 is 0. The monoisotopic (exact) mass is 1380 g/mol. The first-order valence-corrected chi connectivity index (χ1v) is 34.1. The van der Waals surface area contributed by atoms with Gasteiger partial charge < -0.3 is 149 Å². The van der Waals surface area contributed by atoms with Crippen LogP contribution < -0.4 is 0 Å². The first-order valence-electron chi connectivity index (χ1n) is 34.1. The number of carbonyl (C=O) groups excluding carboxylic acids is 1. The van der Waals surface area contributed by atoms with E-state index in [1.807, 2.05) is 0 Å². The van der Waals surface area contributed by atoms with Gasteiger partial charge in [0.05, 0.1) is 50.7 Å². The van der Waals surface area contributed by atoms with Crippen molar-refractivity contribution in [2.75, 3.05) is 33.0 Å². The normalized spacial score (nSPS) is 54.1. The molecule has 0 spiro atoms. The molecule has 0 aromatic carbocycles. The van der Waals surface area contributed by atoms with Crippen LogP contribution >= 0.6 is 0 Å². The smallest absolute Gasteiger partial charge is 0.315 e. The van der Waals surface area contributed by atoms with Gasteiger partial charge in [0.2, 0.25) is 6.29 Å². The molecule has 6 saturated heterocycles. The quantitative estimate of drug-likeness (QED) is 0.0392. The Labute approximate surface area is 556 Å². The molecular formula is C65H106O31. The summed E-state index contributed by atoms with van der Waals surface area (Å²) in [6.07, 6.45) is -39.7. The van der Waals surface area contributed by atoms with Crippen LogP contribution in [0.5, 0.6) is 0 Å². The van der Waals surface area contributed by atoms with E-state index in [1.54, 1.807) is 0 Å². The summed E-state index contributed by atoms with van der Waals surface area (Å²) in [6, 6.07) is 0. The minimum absolute atomic E-state index is 0.0994. The molecule has 6 heterocycles. The van der Waals surface area contributed by atoms with Crippen molar-refractivity contribution in [2.24, 2.45) is 50.2 Å². The highest BCUT2D eigenvalue weighted by Crippen LogP contribution is 2.76. The van der Waals surface area contributed by atoms with Crippen molar-refractivity contribution in [3.05, 3.63) is 11.6 Å². The van der Waals surface area contributed by atoms with Crippen molar-refractivity contribution < 1.29 is 154 Å². The molecule has 0 amide bonds. The molecule has 37 atom stereocenters. The molecule has 10 fully saturated rings. The van der Waals surface area contributed by atoms with E-state index in [1.165, 1.54) is 12.5 Å². The molecule has 18 N–H and O–H groups in total. The average molecular weight is 1380 g/mol. The molecular weight excluding hydrogens is 1280 g/mol. The van der Waals surface area contributed by atoms with Gasteiger partial charge >= 0.3 is 5.97 Å². The van der Waals surface area contributed by atoms with Crippen LogP contribution in [0.25, 0.3) is 0 Å². The fourth-order valence-electron chi connectivity index (χ4n) is 19.1. The van der Waals surface area contributed by atoms with Crippen molar-refractivity contribution in [3.8, 4) is 0 Å². The second-order valence-electron chi connectivity index (χ2n) is 31.5. The fraction of sp³-hybridized carbons (Fsp3) is 0.954. The lowest BCUT2D eigenvalue weighted by atomic mass is 9.33. The third-order valence-corrected chi connectivity index (χ3v) is 25.2. The molecule has 552 valence electrons. The number of hydrogen-bond acceptors (Lipinski definition) is 31. The van der Waals surface area contributed by atoms with Gasteiger partial charge in [0.1, 0.15) is 134 Å². The number of fused-ring (bicyclic) bond motifs is 7. The van der Waals surface area contributed by atoms with Crippen LogP contribution in [0.2, 0.25) is 0 Å². The first kappa shape index (κ1) is 75.2. The van der Waals surface area contributed by atoms with E-state index in [2.05, 4.69) is 54.5 Å². The van der Waals surface area contributed by atoms with Crippen molar-refractivity contribution in [2.45, 2.75) is 304 Å². The van der Waals surface area contributed by atoms with Gasteiger partial charge in [0.15, 0.2) is 31.5 Å². The zero-order chi connectivity index (χ0) is 70.0. The van der Waals surface area contributed by atoms with Gasteiger partial charge in [0.25, 0.3) is 0 Å². The summed E-state index contributed by atoms with van der Waals surface area (Å²) in [5.41, 5.74) is -1.48. The minimum Gasteiger partial charge on any atom is -0.432 e. The summed E-state index contributed by atoms with van der Waals surface area (Å²) in [5, 5.41) is 194. The Kier molecular flexibility index (Phi) is 22.1. The lowest BCUT2D eigenvalue weighted by Gasteiger charge is -2.71. The van der Waals surface area contributed by atoms with Crippen LogP contribution in [0.3, 0.4) is 0 Å². The van der Waals surface area contributed by atoms with E-state index < -0.39 is 227 Å². The van der Waals surface area contributed by atoms with E-state index in [4.69, 9.17) is 56.8 Å². The van der Waals surface area contributed by atoms with Crippen molar-refractivity contribution >= 4 is 5.97 Å². The van der Waals surface area contributed by atoms with Crippen molar-refractivity contribution in [1.82, 2.24) is 0 Å². The second-order valence-corrected chi connectivity index (χ2v) is 31.5. The van der Waals surface area contributed by atoms with E-state index in [-0.39, 0.29) is 46.0 Å². The number of aliphatic hydroxyl groups excluding tert-OH is 18. The zero-order valence-corrected chi connectivity index (χ0v) is 55.6. The van der Waals surface area contributed by atoms with E-state index >= 15 is 4.79 Å². The minimum atomic E-state index is -1.94. The first-order chi connectivity index (χ1) is 45.0. The summed E-state index contributed by atoms with van der Waals surface area (Å²) in [4.78, 5) is 15.3. The molecule has 6 aliphatic heterocycles. The lowest BCUT2D eigenvalue weighted by Crippen LogP contribution is -2.66. The Hall–Kier alpha value is -1.95. The van der Waals surface area contributed by atoms with Gasteiger partial charge in [-0.15, -0.1) is 0 Å². The Bertz CT molecular complexity index is 2690. The van der Waals surface area contributed by atoms with Crippen molar-refractivity contribution in [1.29, 1.82) is 0 Å². The van der Waals surface area contributed by atoms with Gasteiger partial charge in [-0.25, -0.2) is 0 Å². The summed E-state index contributed by atoms with van der Waals surface area (Å²) in [7, 11) is 0. The predicted octanol–water partition coefficient (Wildman–Crippen LogP) is -4.72. The van der Waals surface area contributed by atoms with Crippen LogP contribution in [0, 0.1) is 50.2 Å². The average Bonchev–Trinajstić information content (AvgIpc) is 0.676. The summed E-state index contributed by atoms with van der Waals surface area (Å²) in [5.74, 6) is -0.643. The number of rotatable bonds is 16. The van der Waals surface area contributed by atoms with Crippen LogP contribution in [-0.2, 0) is 61.6 Å². The molecule has 0 aromatic heterocycles. The van der Waals surface area contributed by atoms with Crippen LogP contribution in [0.4, 0.5) is 0 Å². The maximum Gasteiger partial charge on any atom is 0.315 e. The Balaban J connectivity index is 0.740. The Morgan fingerprint density at radius 2 is 1.00 bits per heavy atom. The highest BCUT2D eigenvalue weighted by Gasteiger charge is 2.71. The standard InChI is InChI=1S/C65H106O31/c1-25-36(70)39(73)44(78)55(87-25)94-51-30(21-67)89-53(47(81)42(51)76)86-24-32-38(72)41(75)46(80)58(91-32)96-59(84)65-17-15-60(2,3)19-27(65)26-9-10-34-62(6)13-12-35(61(4,5)33(62)11-14-64(34,8)63(26,7)16-18-65)92-54-49(83)50(28(69)23-85-54)93-57-48(82)43(77)52(31(22-68)90-57)95-56-45(79)40(74)37(71)29(20-66)88-56/h9,25,27-58,66-83H,10-24H2,1-8H3/t25-,27-,28+,29+,30+,31+,32+,33-,34+,35-,36-,37+,38+,39+,40-,41-,42+,43+,44+,45+,46+,47+,48+,49-,50+,51+,52+,53+,54-,55-,56-,57-,58-,62-,63+,64+,65-/m0/s1. The molecule has 96 heavy (non-hydrogen) atoms. The molecule has 11 aliphatic rings. The Morgan fingerprint density at radius 1 is 0.490 bits per heavy atom. The molecule has 4 saturated carbocycles. The molecule has 0 aromatic rings. The topological polar surface area (TPSA) is 492 Å². The third kappa shape index (κ3) is 12.9. The van der Waals surface area contributed by atoms with Crippen LogP contribution in [0.1, 0.15) is 120 Å². The molecule has 0 radical (unpaired) electrons. The fourth-order valence-corrected chi connectivity index (χ4v) is 19.1. The molecule has 11 rings (SSSR count). The van der Waals surface area contributed by atoms with Crippen LogP contribution in [-0.4, -0.2) is 315 Å². The molecule has 0 unspecified atom stereocenters. The zero-order valence-electron chi connectivity index (χ0n) is 55.6. The number of allylic oxidation sites excluding steroid dienone is 2. The number of ether oxygens (including phenoxy) is 12. The maximum absolute atomic E-state index is 15.3. The summed E-state index contributed by atoms with van der Waals surface area (Å²) < 4.78 is 70.7. The number of esters is 1. The number of carbonyl (C=O) groups is 1. The van der Waals surface area contributed by atoms with Gasteiger partial charge in [-0.1, -0.05) is 60.1 Å². The van der Waals surface area contributed by atoms with Crippen LogP contribution in [0.15, 0.2) is 11.6 Å². The Morgan fingerprint density at radius 3 is 1.61 bits per heavy atom. The van der Waals surface area contributed by atoms with E-state index in [0.717, 1.165) is 19.3 Å². The molecule has 5 aliphatic carbocycles. The van der Waals surface area contributed by atoms with E-state index in [0.29, 0.717) is 44.9 Å². The highest BCUT2D eigenvalue weighted by molar-refractivity contribution is 5.79. The predicted molar refractivity (Wildman–Crippen MR) is 321 cm³/mol. The largest absolute Gasteiger partial charge is 0.432 e. The lowest BCUT2D eigenvalue weighted by molar-refractivity contribution is -0.377. The van der Waals surface area contributed by atoms with E-state index in [9.17, 15) is 91.9 Å². The van der Waals surface area contributed by atoms with Gasteiger partial charge in [-0.05, 0) is 116 Å².